The third kappa shape index (κ3) is 2.14. The predicted octanol–water partition coefficient (Wildman–Crippen LogP) is 2.39. The van der Waals surface area contributed by atoms with Gasteiger partial charge in [-0.2, -0.15) is 9.50 Å². The van der Waals surface area contributed by atoms with Gasteiger partial charge in [0.25, 0.3) is 5.78 Å². The summed E-state index contributed by atoms with van der Waals surface area (Å²) in [6.45, 7) is 6.28. The maximum atomic E-state index is 12.2. The van der Waals surface area contributed by atoms with Crippen LogP contribution in [0.4, 0.5) is 0 Å². The SMILES string of the molecule is CCSc1nc2ncc3c(n2n1)CC(C)(C)CC3=O. The average molecular weight is 276 g/mol. The molecule has 0 spiro atoms. The summed E-state index contributed by atoms with van der Waals surface area (Å²) in [7, 11) is 0. The molecular weight excluding hydrogens is 260 g/mol. The van der Waals surface area contributed by atoms with Crippen LogP contribution in [0.15, 0.2) is 11.4 Å². The van der Waals surface area contributed by atoms with Crippen molar-refractivity contribution in [3.8, 4) is 0 Å². The average Bonchev–Trinajstić information content (AvgIpc) is 2.71. The van der Waals surface area contributed by atoms with E-state index in [-0.39, 0.29) is 11.2 Å². The molecule has 0 saturated carbocycles. The standard InChI is InChI=1S/C13H16N4OS/c1-4-19-12-15-11-14-7-8-9(17(11)16-12)5-13(2,3)6-10(8)18/h7H,4-6H2,1-3H3. The van der Waals surface area contributed by atoms with Gasteiger partial charge in [0, 0.05) is 12.6 Å². The van der Waals surface area contributed by atoms with Gasteiger partial charge in [-0.05, 0) is 17.6 Å². The summed E-state index contributed by atoms with van der Waals surface area (Å²) in [6, 6.07) is 0. The molecule has 0 radical (unpaired) electrons. The lowest BCUT2D eigenvalue weighted by molar-refractivity contribution is 0.0908. The van der Waals surface area contributed by atoms with Crippen LogP contribution in [0.2, 0.25) is 0 Å². The topological polar surface area (TPSA) is 60.1 Å². The Kier molecular flexibility index (Phi) is 2.85. The van der Waals surface area contributed by atoms with Gasteiger partial charge in [0.05, 0.1) is 11.3 Å². The molecule has 19 heavy (non-hydrogen) atoms. The van der Waals surface area contributed by atoms with E-state index < -0.39 is 0 Å². The molecule has 1 aliphatic carbocycles. The highest BCUT2D eigenvalue weighted by atomic mass is 32.2. The summed E-state index contributed by atoms with van der Waals surface area (Å²) < 4.78 is 1.74. The summed E-state index contributed by atoms with van der Waals surface area (Å²) in [5.41, 5.74) is 1.62. The van der Waals surface area contributed by atoms with Gasteiger partial charge in [-0.3, -0.25) is 4.79 Å². The number of ketones is 1. The highest BCUT2D eigenvalue weighted by Crippen LogP contribution is 2.34. The van der Waals surface area contributed by atoms with E-state index in [9.17, 15) is 4.79 Å². The number of hydrogen-bond acceptors (Lipinski definition) is 5. The molecule has 2 heterocycles. The van der Waals surface area contributed by atoms with E-state index in [4.69, 9.17) is 0 Å². The normalized spacial score (nSPS) is 17.7. The molecule has 0 fully saturated rings. The van der Waals surface area contributed by atoms with Gasteiger partial charge in [0.2, 0.25) is 5.16 Å². The number of thioether (sulfide) groups is 1. The second kappa shape index (κ2) is 4.30. The third-order valence-electron chi connectivity index (χ3n) is 3.31. The summed E-state index contributed by atoms with van der Waals surface area (Å²) in [4.78, 5) is 20.8. The Morgan fingerprint density at radius 1 is 1.42 bits per heavy atom. The second-order valence-electron chi connectivity index (χ2n) is 5.60. The lowest BCUT2D eigenvalue weighted by atomic mass is 9.76. The van der Waals surface area contributed by atoms with Crippen LogP contribution in [0, 0.1) is 5.41 Å². The number of carbonyl (C=O) groups is 1. The highest BCUT2D eigenvalue weighted by molar-refractivity contribution is 7.99. The maximum Gasteiger partial charge on any atom is 0.253 e. The van der Waals surface area contributed by atoms with Gasteiger partial charge in [-0.15, -0.1) is 5.10 Å². The first kappa shape index (κ1) is 12.6. The molecule has 0 saturated heterocycles. The van der Waals surface area contributed by atoms with E-state index in [1.165, 1.54) is 0 Å². The molecule has 5 nitrogen and oxygen atoms in total. The molecular formula is C13H16N4OS. The quantitative estimate of drug-likeness (QED) is 0.788. The molecule has 100 valence electrons. The summed E-state index contributed by atoms with van der Waals surface area (Å²) in [5, 5.41) is 5.19. The van der Waals surface area contributed by atoms with E-state index in [0.717, 1.165) is 23.0 Å². The van der Waals surface area contributed by atoms with Crippen LogP contribution in [-0.4, -0.2) is 31.1 Å². The summed E-state index contributed by atoms with van der Waals surface area (Å²) in [5.74, 6) is 1.66. The Hall–Kier alpha value is -1.43. The Labute approximate surface area is 115 Å². The molecule has 1 aliphatic rings. The fourth-order valence-corrected chi connectivity index (χ4v) is 3.04. The highest BCUT2D eigenvalue weighted by Gasteiger charge is 2.33. The zero-order chi connectivity index (χ0) is 13.6. The van der Waals surface area contributed by atoms with Gasteiger partial charge in [-0.25, -0.2) is 4.98 Å². The number of aromatic nitrogens is 4. The third-order valence-corrected chi connectivity index (χ3v) is 4.03. The van der Waals surface area contributed by atoms with E-state index in [1.807, 2.05) is 0 Å². The smallest absolute Gasteiger partial charge is 0.253 e. The van der Waals surface area contributed by atoms with Crippen LogP contribution in [0.1, 0.15) is 43.2 Å². The zero-order valence-electron chi connectivity index (χ0n) is 11.3. The van der Waals surface area contributed by atoms with Crippen LogP contribution in [0.5, 0.6) is 0 Å². The molecule has 0 N–H and O–H groups in total. The van der Waals surface area contributed by atoms with Crippen LogP contribution < -0.4 is 0 Å². The van der Waals surface area contributed by atoms with Crippen molar-refractivity contribution in [2.75, 3.05) is 5.75 Å². The first-order valence-electron chi connectivity index (χ1n) is 6.41. The van der Waals surface area contributed by atoms with Gasteiger partial charge < -0.3 is 0 Å². The van der Waals surface area contributed by atoms with E-state index in [0.29, 0.717) is 17.8 Å². The fraction of sp³-hybridized carbons (Fsp3) is 0.538. The van der Waals surface area contributed by atoms with Crippen molar-refractivity contribution in [1.29, 1.82) is 0 Å². The zero-order valence-corrected chi connectivity index (χ0v) is 12.1. The van der Waals surface area contributed by atoms with Crippen molar-refractivity contribution in [2.24, 2.45) is 5.41 Å². The van der Waals surface area contributed by atoms with Crippen molar-refractivity contribution >= 4 is 23.3 Å². The van der Waals surface area contributed by atoms with Gasteiger partial charge >= 0.3 is 0 Å². The Morgan fingerprint density at radius 2 is 2.21 bits per heavy atom. The predicted molar refractivity (Wildman–Crippen MR) is 73.6 cm³/mol. The van der Waals surface area contributed by atoms with Crippen LogP contribution in [0.25, 0.3) is 5.78 Å². The van der Waals surface area contributed by atoms with Crippen molar-refractivity contribution in [3.63, 3.8) is 0 Å². The van der Waals surface area contributed by atoms with Crippen LogP contribution in [0.3, 0.4) is 0 Å². The largest absolute Gasteiger partial charge is 0.294 e. The monoisotopic (exact) mass is 276 g/mol. The van der Waals surface area contributed by atoms with Gasteiger partial charge in [0.15, 0.2) is 5.78 Å². The first-order valence-corrected chi connectivity index (χ1v) is 7.39. The van der Waals surface area contributed by atoms with Crippen molar-refractivity contribution in [2.45, 2.75) is 38.8 Å². The molecule has 0 aliphatic heterocycles. The number of rotatable bonds is 2. The maximum absolute atomic E-state index is 12.2. The molecule has 0 unspecified atom stereocenters. The van der Waals surface area contributed by atoms with Crippen molar-refractivity contribution in [1.82, 2.24) is 19.6 Å². The number of fused-ring (bicyclic) bond motifs is 3. The Balaban J connectivity index is 2.19. The van der Waals surface area contributed by atoms with Gasteiger partial charge in [-0.1, -0.05) is 32.5 Å². The van der Waals surface area contributed by atoms with Crippen LogP contribution >= 0.6 is 11.8 Å². The second-order valence-corrected chi connectivity index (χ2v) is 6.83. The molecule has 2 aromatic heterocycles. The lowest BCUT2D eigenvalue weighted by Gasteiger charge is -2.29. The molecule has 6 heteroatoms. The fourth-order valence-electron chi connectivity index (χ4n) is 2.50. The molecule has 0 atom stereocenters. The van der Waals surface area contributed by atoms with E-state index in [1.54, 1.807) is 22.5 Å². The number of hydrogen-bond donors (Lipinski definition) is 0. The summed E-state index contributed by atoms with van der Waals surface area (Å²) >= 11 is 1.58. The molecule has 0 amide bonds. The molecule has 0 aromatic carbocycles. The van der Waals surface area contributed by atoms with Crippen LogP contribution in [-0.2, 0) is 6.42 Å². The molecule has 0 bridgehead atoms. The lowest BCUT2D eigenvalue weighted by Crippen LogP contribution is -2.29. The molecule has 2 aromatic rings. The minimum Gasteiger partial charge on any atom is -0.294 e. The minimum absolute atomic E-state index is 0.0254. The van der Waals surface area contributed by atoms with E-state index >= 15 is 0 Å². The van der Waals surface area contributed by atoms with Crippen molar-refractivity contribution in [3.05, 3.63) is 17.5 Å². The Morgan fingerprint density at radius 3 is 2.95 bits per heavy atom. The summed E-state index contributed by atoms with van der Waals surface area (Å²) in [6.07, 6.45) is 3.04. The molecule has 3 rings (SSSR count). The Bertz CT molecular complexity index is 662. The minimum atomic E-state index is -0.0254. The van der Waals surface area contributed by atoms with E-state index in [2.05, 4.69) is 35.8 Å². The number of carbonyl (C=O) groups excluding carboxylic acids is 1. The van der Waals surface area contributed by atoms with Crippen molar-refractivity contribution < 1.29 is 4.79 Å². The number of nitrogens with zero attached hydrogens (tertiary/aromatic N) is 4. The number of Topliss-reactive ketones (excluding diaryl/α,β-unsaturated/α-hetero) is 1. The first-order chi connectivity index (χ1) is 9.00. The van der Waals surface area contributed by atoms with Gasteiger partial charge in [0.1, 0.15) is 0 Å².